The van der Waals surface area contributed by atoms with Gasteiger partial charge in [0.1, 0.15) is 11.5 Å². The number of nitrogens with two attached hydrogens (primary N) is 1. The number of aromatic nitrogens is 2. The summed E-state index contributed by atoms with van der Waals surface area (Å²) >= 11 is 0. The predicted molar refractivity (Wildman–Crippen MR) is 92.3 cm³/mol. The van der Waals surface area contributed by atoms with Crippen LogP contribution in [0.2, 0.25) is 0 Å². The summed E-state index contributed by atoms with van der Waals surface area (Å²) in [6, 6.07) is 9.96. The molecule has 24 heavy (non-hydrogen) atoms. The van der Waals surface area contributed by atoms with E-state index in [1.165, 1.54) is 12.1 Å². The molecule has 6 heteroatoms. The molecule has 0 saturated carbocycles. The maximum atomic E-state index is 13.2. The van der Waals surface area contributed by atoms with Gasteiger partial charge in [-0.1, -0.05) is 6.92 Å². The minimum atomic E-state index is -0.273. The molecule has 0 radical (unpaired) electrons. The van der Waals surface area contributed by atoms with Gasteiger partial charge in [0.25, 0.3) is 0 Å². The van der Waals surface area contributed by atoms with Crippen molar-refractivity contribution in [3.63, 3.8) is 0 Å². The van der Waals surface area contributed by atoms with Crippen LogP contribution in [0.15, 0.2) is 42.6 Å². The van der Waals surface area contributed by atoms with Gasteiger partial charge in [-0.25, -0.2) is 9.37 Å². The van der Waals surface area contributed by atoms with Gasteiger partial charge in [-0.15, -0.1) is 0 Å². The molecular weight excluding hydrogens is 307 g/mol. The van der Waals surface area contributed by atoms with E-state index in [9.17, 15) is 9.18 Å². The summed E-state index contributed by atoms with van der Waals surface area (Å²) in [6.07, 6.45) is 2.89. The van der Waals surface area contributed by atoms with Crippen molar-refractivity contribution in [3.05, 3.63) is 54.1 Å². The van der Waals surface area contributed by atoms with Crippen LogP contribution < -0.4 is 11.1 Å². The third kappa shape index (κ3) is 3.14. The molecule has 3 N–H and O–H groups in total. The molecule has 0 aliphatic rings. The molecule has 0 unspecified atom stereocenters. The van der Waals surface area contributed by atoms with Crippen LogP contribution in [0.1, 0.15) is 19.0 Å². The number of amides is 1. The van der Waals surface area contributed by atoms with E-state index in [2.05, 4.69) is 10.3 Å². The Morgan fingerprint density at radius 3 is 2.67 bits per heavy atom. The highest BCUT2D eigenvalue weighted by Gasteiger charge is 2.13. The van der Waals surface area contributed by atoms with Gasteiger partial charge in [0.05, 0.1) is 17.1 Å². The predicted octanol–water partition coefficient (Wildman–Crippen LogP) is 2.99. The third-order valence-electron chi connectivity index (χ3n) is 3.83. The average molecular weight is 326 g/mol. The number of nitrogens with one attached hydrogen (secondary N) is 1. The highest BCUT2D eigenvalue weighted by molar-refractivity contribution is 5.90. The van der Waals surface area contributed by atoms with Crippen LogP contribution in [0.4, 0.5) is 10.1 Å². The zero-order chi connectivity index (χ0) is 17.1. The lowest BCUT2D eigenvalue weighted by Gasteiger charge is -2.07. The van der Waals surface area contributed by atoms with E-state index in [-0.39, 0.29) is 18.1 Å². The Labute approximate surface area is 139 Å². The first kappa shape index (κ1) is 16.1. The molecule has 5 nitrogen and oxygen atoms in total. The molecule has 0 saturated heterocycles. The second-order valence-corrected chi connectivity index (χ2v) is 5.50. The molecule has 3 rings (SSSR count). The van der Waals surface area contributed by atoms with E-state index in [1.54, 1.807) is 12.1 Å². The number of imidazole rings is 1. The van der Waals surface area contributed by atoms with Crippen molar-refractivity contribution < 1.29 is 9.18 Å². The number of hydrogen-bond donors (Lipinski definition) is 2. The number of hydrogen-bond acceptors (Lipinski definition) is 3. The van der Waals surface area contributed by atoms with Crippen LogP contribution in [0, 0.1) is 5.82 Å². The topological polar surface area (TPSA) is 72.4 Å². The van der Waals surface area contributed by atoms with Crippen LogP contribution in [0.3, 0.4) is 0 Å². The molecule has 2 heterocycles. The molecule has 0 fully saturated rings. The summed E-state index contributed by atoms with van der Waals surface area (Å²) in [5.74, 6) is -0.390. The van der Waals surface area contributed by atoms with Crippen LogP contribution in [-0.4, -0.2) is 21.8 Å². The number of carbonyl (C=O) groups is 1. The van der Waals surface area contributed by atoms with Gasteiger partial charge in [0.15, 0.2) is 0 Å². The fourth-order valence-corrected chi connectivity index (χ4v) is 2.70. The molecule has 3 aromatic rings. The van der Waals surface area contributed by atoms with Crippen molar-refractivity contribution >= 4 is 17.2 Å². The second kappa shape index (κ2) is 6.80. The first-order valence-electron chi connectivity index (χ1n) is 7.89. The van der Waals surface area contributed by atoms with Crippen LogP contribution in [0.25, 0.3) is 16.9 Å². The summed E-state index contributed by atoms with van der Waals surface area (Å²) in [4.78, 5) is 16.4. The van der Waals surface area contributed by atoms with Gasteiger partial charge >= 0.3 is 0 Å². The van der Waals surface area contributed by atoms with Gasteiger partial charge in [0, 0.05) is 24.7 Å². The first-order chi connectivity index (χ1) is 11.6. The zero-order valence-corrected chi connectivity index (χ0v) is 13.4. The quantitative estimate of drug-likeness (QED) is 0.757. The zero-order valence-electron chi connectivity index (χ0n) is 13.4. The molecule has 0 atom stereocenters. The smallest absolute Gasteiger partial charge is 0.225 e. The Bertz CT molecular complexity index is 871. The third-order valence-corrected chi connectivity index (χ3v) is 3.83. The molecule has 2 aromatic heterocycles. The first-order valence-corrected chi connectivity index (χ1v) is 7.89. The number of halogens is 1. The van der Waals surface area contributed by atoms with Gasteiger partial charge in [-0.3, -0.25) is 4.79 Å². The minimum absolute atomic E-state index is 0.117. The highest BCUT2D eigenvalue weighted by Crippen LogP contribution is 2.26. The van der Waals surface area contributed by atoms with Crippen molar-refractivity contribution in [3.8, 4) is 11.3 Å². The Kier molecular flexibility index (Phi) is 4.57. The van der Waals surface area contributed by atoms with Crippen molar-refractivity contribution in [2.45, 2.75) is 19.8 Å². The van der Waals surface area contributed by atoms with Crippen molar-refractivity contribution in [2.24, 2.45) is 5.73 Å². The molecule has 0 spiro atoms. The number of rotatable bonds is 5. The van der Waals surface area contributed by atoms with Gasteiger partial charge in [0.2, 0.25) is 5.91 Å². The summed E-state index contributed by atoms with van der Waals surface area (Å²) in [5, 5.41) is 2.83. The molecule has 0 bridgehead atoms. The minimum Gasteiger partial charge on any atom is -0.330 e. The number of anilines is 1. The highest BCUT2D eigenvalue weighted by atomic mass is 19.1. The van der Waals surface area contributed by atoms with Gasteiger partial charge in [-0.2, -0.15) is 0 Å². The largest absolute Gasteiger partial charge is 0.330 e. The van der Waals surface area contributed by atoms with Gasteiger partial charge < -0.3 is 15.5 Å². The molecular formula is C18H19FN4O. The lowest BCUT2D eigenvalue weighted by molar-refractivity contribution is -0.116. The lowest BCUT2D eigenvalue weighted by atomic mass is 10.1. The van der Waals surface area contributed by atoms with E-state index >= 15 is 0 Å². The number of fused-ring (bicyclic) bond motifs is 1. The number of nitrogens with zero attached hydrogens (tertiary/aromatic N) is 2. The summed E-state index contributed by atoms with van der Waals surface area (Å²) in [6.45, 7) is 2.35. The van der Waals surface area contributed by atoms with E-state index in [4.69, 9.17) is 5.73 Å². The van der Waals surface area contributed by atoms with E-state index in [1.807, 2.05) is 29.7 Å². The summed E-state index contributed by atoms with van der Waals surface area (Å²) < 4.78 is 15.1. The number of aryl methyl sites for hydroxylation is 1. The van der Waals surface area contributed by atoms with Crippen molar-refractivity contribution in [1.82, 2.24) is 9.38 Å². The Morgan fingerprint density at radius 1 is 1.25 bits per heavy atom. The molecule has 124 valence electrons. The summed E-state index contributed by atoms with van der Waals surface area (Å²) in [5.41, 5.74) is 9.56. The van der Waals surface area contributed by atoms with E-state index < -0.39 is 0 Å². The lowest BCUT2D eigenvalue weighted by Crippen LogP contribution is -2.16. The van der Waals surface area contributed by atoms with Crippen LogP contribution >= 0.6 is 0 Å². The SMILES string of the molecule is CCc1c(-c2ccc(F)cc2)nc2ccc(NC(=O)CCN)cn12. The molecule has 1 aromatic carbocycles. The van der Waals surface area contributed by atoms with Crippen molar-refractivity contribution in [1.29, 1.82) is 0 Å². The molecule has 0 aliphatic carbocycles. The maximum absolute atomic E-state index is 13.2. The maximum Gasteiger partial charge on any atom is 0.225 e. The van der Waals surface area contributed by atoms with E-state index in [0.717, 1.165) is 29.0 Å². The van der Waals surface area contributed by atoms with Crippen LogP contribution in [-0.2, 0) is 11.2 Å². The standard InChI is InChI=1S/C18H19FN4O/c1-2-15-18(12-3-5-13(19)6-4-12)22-16-8-7-14(11-23(15)16)21-17(24)9-10-20/h3-8,11H,2,9-10,20H2,1H3,(H,21,24). The van der Waals surface area contributed by atoms with Gasteiger partial charge in [-0.05, 0) is 42.8 Å². The molecule has 0 aliphatic heterocycles. The molecule has 1 amide bonds. The Hall–Kier alpha value is -2.73. The fraction of sp³-hybridized carbons (Fsp3) is 0.222. The normalized spacial score (nSPS) is 11.0. The van der Waals surface area contributed by atoms with Crippen LogP contribution in [0.5, 0.6) is 0 Å². The fourth-order valence-electron chi connectivity index (χ4n) is 2.70. The Morgan fingerprint density at radius 2 is 2.00 bits per heavy atom. The number of carbonyl (C=O) groups excluding carboxylic acids is 1. The van der Waals surface area contributed by atoms with E-state index in [0.29, 0.717) is 12.2 Å². The second-order valence-electron chi connectivity index (χ2n) is 5.50. The monoisotopic (exact) mass is 326 g/mol. The average Bonchev–Trinajstić information content (AvgIpc) is 2.93. The Balaban J connectivity index is 2.03. The van der Waals surface area contributed by atoms with Crippen molar-refractivity contribution in [2.75, 3.05) is 11.9 Å². The summed E-state index contributed by atoms with van der Waals surface area (Å²) in [7, 11) is 0. The number of benzene rings is 1. The number of pyridine rings is 1.